The largest absolute Gasteiger partial charge is 0.299 e. The molecule has 0 amide bonds. The molecule has 0 saturated heterocycles. The van der Waals surface area contributed by atoms with Gasteiger partial charge in [0.2, 0.25) is 0 Å². The smallest absolute Gasteiger partial charge is 0.138 e. The van der Waals surface area contributed by atoms with Gasteiger partial charge in [-0.2, -0.15) is 0 Å². The van der Waals surface area contributed by atoms with Crippen LogP contribution in [0, 0.1) is 51.2 Å². The van der Waals surface area contributed by atoms with Crippen LogP contribution >= 0.6 is 0 Å². The second-order valence-corrected chi connectivity index (χ2v) is 13.9. The summed E-state index contributed by atoms with van der Waals surface area (Å²) in [5.41, 5.74) is 3.88. The molecule has 5 unspecified atom stereocenters. The van der Waals surface area contributed by atoms with Gasteiger partial charge in [-0.15, -0.1) is 0 Å². The zero-order chi connectivity index (χ0) is 23.7. The highest BCUT2D eigenvalue weighted by Gasteiger charge is 2.67. The molecular formula is C31H50O. The highest BCUT2D eigenvalue weighted by Crippen LogP contribution is 2.74. The molecular weight excluding hydrogens is 388 g/mol. The minimum absolute atomic E-state index is 0.134. The summed E-state index contributed by atoms with van der Waals surface area (Å²) >= 11 is 0. The van der Waals surface area contributed by atoms with E-state index in [2.05, 4.69) is 61.6 Å². The number of carbonyl (C=O) groups excluding carboxylic acids is 1. The molecule has 32 heavy (non-hydrogen) atoms. The van der Waals surface area contributed by atoms with Crippen LogP contribution in [-0.2, 0) is 4.79 Å². The quantitative estimate of drug-likeness (QED) is 0.392. The van der Waals surface area contributed by atoms with Gasteiger partial charge in [0.25, 0.3) is 0 Å². The lowest BCUT2D eigenvalue weighted by molar-refractivity contribution is -0.180. The Morgan fingerprint density at radius 2 is 1.53 bits per heavy atom. The minimum Gasteiger partial charge on any atom is -0.299 e. The van der Waals surface area contributed by atoms with Crippen molar-refractivity contribution >= 4 is 5.78 Å². The van der Waals surface area contributed by atoms with Gasteiger partial charge in [0, 0.05) is 11.8 Å². The molecule has 180 valence electrons. The Kier molecular flexibility index (Phi) is 5.95. The Bertz CT molecular complexity index is 801. The molecule has 4 saturated carbocycles. The van der Waals surface area contributed by atoms with Crippen LogP contribution in [-0.4, -0.2) is 5.78 Å². The summed E-state index contributed by atoms with van der Waals surface area (Å²) < 4.78 is 0. The number of ketones is 1. The van der Waals surface area contributed by atoms with Crippen molar-refractivity contribution < 1.29 is 4.79 Å². The Hall–Kier alpha value is -0.850. The first-order chi connectivity index (χ1) is 14.8. The molecule has 0 spiro atoms. The Balaban J connectivity index is 1.57. The van der Waals surface area contributed by atoms with Gasteiger partial charge in [0.05, 0.1) is 0 Å². The molecule has 0 N–H and O–H groups in total. The standard InChI is InChI=1S/C31H50O/c1-20(2)21(3)10-11-22(4)23-14-18-31(9)25-12-13-26-28(5,6)27(32)16-17-29(26,7)24(25)15-19-30(23,31)8/h20,23-26H,3-4,10-19H2,1-2,5-9H3/t23?,24?,25?,26?,29?,30-,31+/m0/s1. The highest BCUT2D eigenvalue weighted by molar-refractivity contribution is 5.85. The van der Waals surface area contributed by atoms with Crippen molar-refractivity contribution in [2.24, 2.45) is 51.2 Å². The first-order valence-corrected chi connectivity index (χ1v) is 13.7. The van der Waals surface area contributed by atoms with Crippen LogP contribution in [0.4, 0.5) is 0 Å². The lowest BCUT2D eigenvalue weighted by Crippen LogP contribution is -2.60. The molecule has 0 aromatic rings. The Labute approximate surface area is 198 Å². The van der Waals surface area contributed by atoms with E-state index in [4.69, 9.17) is 0 Å². The van der Waals surface area contributed by atoms with Gasteiger partial charge in [-0.25, -0.2) is 0 Å². The molecule has 0 aliphatic heterocycles. The number of hydrogen-bond donors (Lipinski definition) is 0. The first kappa shape index (κ1) is 24.3. The second-order valence-electron chi connectivity index (χ2n) is 13.9. The van der Waals surface area contributed by atoms with E-state index in [0.717, 1.165) is 37.5 Å². The average molecular weight is 439 g/mol. The molecule has 4 aliphatic carbocycles. The first-order valence-electron chi connectivity index (χ1n) is 13.7. The van der Waals surface area contributed by atoms with Gasteiger partial charge < -0.3 is 0 Å². The predicted molar refractivity (Wildman–Crippen MR) is 136 cm³/mol. The fraction of sp³-hybridized carbons (Fsp3) is 0.839. The molecule has 4 rings (SSSR count). The van der Waals surface area contributed by atoms with E-state index < -0.39 is 0 Å². The van der Waals surface area contributed by atoms with Gasteiger partial charge in [0.15, 0.2) is 0 Å². The summed E-state index contributed by atoms with van der Waals surface area (Å²) in [5.74, 6) is 3.94. The van der Waals surface area contributed by atoms with Crippen molar-refractivity contribution in [3.05, 3.63) is 24.3 Å². The zero-order valence-electron chi connectivity index (χ0n) is 22.3. The van der Waals surface area contributed by atoms with Crippen LogP contribution < -0.4 is 0 Å². The number of carbonyl (C=O) groups is 1. The van der Waals surface area contributed by atoms with Gasteiger partial charge >= 0.3 is 0 Å². The summed E-state index contributed by atoms with van der Waals surface area (Å²) in [7, 11) is 0. The molecule has 0 heterocycles. The minimum atomic E-state index is -0.134. The number of allylic oxidation sites excluding steroid dienone is 2. The lowest BCUT2D eigenvalue weighted by atomic mass is 9.38. The molecule has 0 radical (unpaired) electrons. The normalized spacial score (nSPS) is 45.2. The van der Waals surface area contributed by atoms with Crippen molar-refractivity contribution in [3.63, 3.8) is 0 Å². The fourth-order valence-corrected chi connectivity index (χ4v) is 9.74. The fourth-order valence-electron chi connectivity index (χ4n) is 9.74. The van der Waals surface area contributed by atoms with Crippen molar-refractivity contribution in [1.82, 2.24) is 0 Å². The number of fused-ring (bicyclic) bond motifs is 5. The van der Waals surface area contributed by atoms with Gasteiger partial charge in [-0.05, 0) is 104 Å². The third-order valence-electron chi connectivity index (χ3n) is 12.3. The third-order valence-corrected chi connectivity index (χ3v) is 12.3. The number of hydrogen-bond acceptors (Lipinski definition) is 1. The van der Waals surface area contributed by atoms with E-state index in [1.165, 1.54) is 49.7 Å². The zero-order valence-corrected chi connectivity index (χ0v) is 22.3. The number of rotatable bonds is 5. The predicted octanol–water partition coefficient (Wildman–Crippen LogP) is 8.79. The molecule has 7 atom stereocenters. The lowest BCUT2D eigenvalue weighted by Gasteiger charge is -2.66. The third kappa shape index (κ3) is 3.26. The van der Waals surface area contributed by atoms with E-state index in [-0.39, 0.29) is 5.41 Å². The van der Waals surface area contributed by atoms with Crippen LogP contribution in [0.2, 0.25) is 0 Å². The molecule has 1 nitrogen and oxygen atoms in total. The molecule has 1 heteroatoms. The van der Waals surface area contributed by atoms with Crippen LogP contribution in [0.3, 0.4) is 0 Å². The van der Waals surface area contributed by atoms with E-state index in [9.17, 15) is 4.79 Å². The molecule has 0 aromatic heterocycles. The molecule has 4 fully saturated rings. The van der Waals surface area contributed by atoms with Crippen molar-refractivity contribution in [2.45, 2.75) is 113 Å². The van der Waals surface area contributed by atoms with Gasteiger partial charge in [-0.1, -0.05) is 72.8 Å². The van der Waals surface area contributed by atoms with Crippen LogP contribution in [0.15, 0.2) is 24.3 Å². The van der Waals surface area contributed by atoms with E-state index in [0.29, 0.717) is 39.8 Å². The maximum atomic E-state index is 12.8. The summed E-state index contributed by atoms with van der Waals surface area (Å²) in [6.07, 6.45) is 12.1. The van der Waals surface area contributed by atoms with Crippen molar-refractivity contribution in [3.8, 4) is 0 Å². The summed E-state index contributed by atoms with van der Waals surface area (Å²) in [6, 6.07) is 0. The summed E-state index contributed by atoms with van der Waals surface area (Å²) in [6.45, 7) is 25.9. The van der Waals surface area contributed by atoms with Crippen molar-refractivity contribution in [1.29, 1.82) is 0 Å². The van der Waals surface area contributed by atoms with Crippen LogP contribution in [0.25, 0.3) is 0 Å². The Morgan fingerprint density at radius 1 is 0.875 bits per heavy atom. The SMILES string of the molecule is C=C(CCC(=C)C1CC[C@]2(C)C3CCC4C(C)(C)C(=O)CCC4(C)C3CC[C@@]12C)C(C)C. The van der Waals surface area contributed by atoms with E-state index in [1.807, 2.05) is 0 Å². The molecule has 0 aromatic carbocycles. The van der Waals surface area contributed by atoms with Crippen LogP contribution in [0.5, 0.6) is 0 Å². The maximum absolute atomic E-state index is 12.8. The monoisotopic (exact) mass is 438 g/mol. The molecule has 4 aliphatic rings. The maximum Gasteiger partial charge on any atom is 0.138 e. The second kappa shape index (κ2) is 7.84. The summed E-state index contributed by atoms with van der Waals surface area (Å²) in [4.78, 5) is 12.8. The Morgan fingerprint density at radius 3 is 2.19 bits per heavy atom. The van der Waals surface area contributed by atoms with Gasteiger partial charge in [0.1, 0.15) is 5.78 Å². The molecule has 0 bridgehead atoms. The summed E-state index contributed by atoms with van der Waals surface area (Å²) in [5, 5.41) is 0. The van der Waals surface area contributed by atoms with Crippen molar-refractivity contribution in [2.75, 3.05) is 0 Å². The highest BCUT2D eigenvalue weighted by atomic mass is 16.1. The van der Waals surface area contributed by atoms with Crippen LogP contribution in [0.1, 0.15) is 113 Å². The van der Waals surface area contributed by atoms with E-state index in [1.54, 1.807) is 0 Å². The average Bonchev–Trinajstić information content (AvgIpc) is 3.00. The van der Waals surface area contributed by atoms with Gasteiger partial charge in [-0.3, -0.25) is 4.79 Å². The topological polar surface area (TPSA) is 17.1 Å². The number of Topliss-reactive ketones (excluding diaryl/α,β-unsaturated/α-hetero) is 1. The van der Waals surface area contributed by atoms with E-state index >= 15 is 0 Å².